The highest BCUT2D eigenvalue weighted by Gasteiger charge is 2.62. The van der Waals surface area contributed by atoms with Crippen molar-refractivity contribution in [2.24, 2.45) is 34.5 Å². The van der Waals surface area contributed by atoms with Crippen LogP contribution in [0.3, 0.4) is 0 Å². The summed E-state index contributed by atoms with van der Waals surface area (Å²) in [5.74, 6) is 2.36. The second kappa shape index (κ2) is 4.43. The van der Waals surface area contributed by atoms with E-state index in [1.54, 1.807) is 0 Å². The molecular weight excluding hydrogens is 260 g/mol. The summed E-state index contributed by atoms with van der Waals surface area (Å²) >= 11 is 0. The van der Waals surface area contributed by atoms with Crippen LogP contribution in [0.1, 0.15) is 71.6 Å². The van der Waals surface area contributed by atoms with Gasteiger partial charge in [0.05, 0.1) is 0 Å². The van der Waals surface area contributed by atoms with E-state index < -0.39 is 0 Å². The molecule has 0 heterocycles. The van der Waals surface area contributed by atoms with Crippen molar-refractivity contribution in [3.8, 4) is 0 Å². The Balaban J connectivity index is 1.76. The molecule has 6 atom stereocenters. The fraction of sp³-hybridized carbons (Fsp3) is 0.895. The van der Waals surface area contributed by atoms with Crippen molar-refractivity contribution >= 4 is 11.6 Å². The Kier molecular flexibility index (Phi) is 2.94. The topological polar surface area (TPSA) is 34.1 Å². The molecule has 0 aromatic rings. The molecule has 5 unspecified atom stereocenters. The summed E-state index contributed by atoms with van der Waals surface area (Å²) in [4.78, 5) is 25.8. The summed E-state index contributed by atoms with van der Waals surface area (Å²) < 4.78 is 0. The zero-order valence-corrected chi connectivity index (χ0v) is 13.5. The highest BCUT2D eigenvalue weighted by molar-refractivity contribution is 5.90. The molecule has 4 saturated carbocycles. The van der Waals surface area contributed by atoms with Gasteiger partial charge in [0.1, 0.15) is 11.6 Å². The van der Waals surface area contributed by atoms with Crippen LogP contribution in [-0.2, 0) is 9.59 Å². The van der Waals surface area contributed by atoms with Crippen molar-refractivity contribution in [3.63, 3.8) is 0 Å². The molecule has 0 N–H and O–H groups in total. The van der Waals surface area contributed by atoms with E-state index in [0.29, 0.717) is 29.8 Å². The van der Waals surface area contributed by atoms with E-state index in [4.69, 9.17) is 0 Å². The molecule has 4 rings (SSSR count). The van der Waals surface area contributed by atoms with Crippen LogP contribution < -0.4 is 0 Å². The third-order valence-corrected chi connectivity index (χ3v) is 7.82. The largest absolute Gasteiger partial charge is 0.299 e. The fourth-order valence-corrected chi connectivity index (χ4v) is 6.94. The van der Waals surface area contributed by atoms with Crippen molar-refractivity contribution in [2.75, 3.05) is 0 Å². The summed E-state index contributed by atoms with van der Waals surface area (Å²) in [5, 5.41) is 0. The van der Waals surface area contributed by atoms with E-state index in [1.807, 2.05) is 0 Å². The van der Waals surface area contributed by atoms with Gasteiger partial charge in [-0.05, 0) is 48.3 Å². The van der Waals surface area contributed by atoms with Gasteiger partial charge in [-0.3, -0.25) is 9.59 Å². The number of hydrogen-bond acceptors (Lipinski definition) is 2. The standard InChI is InChI=1S/C19H28O2/c1-18-8-5-7-13(18)12-10-15(20)14-6-3-4-9-19(14,2)17(12)16(21)11-18/h12-14,17H,3-11H2,1-2H3/t12?,13?,14-,17?,18?,19?/m1/s1. The third-order valence-electron chi connectivity index (χ3n) is 7.82. The first kappa shape index (κ1) is 14.0. The second-order valence-corrected chi connectivity index (χ2v) is 8.91. The number of fused-ring (bicyclic) bond motifs is 5. The number of ketones is 2. The van der Waals surface area contributed by atoms with Crippen molar-refractivity contribution in [3.05, 3.63) is 0 Å². The van der Waals surface area contributed by atoms with Gasteiger partial charge >= 0.3 is 0 Å². The predicted molar refractivity (Wildman–Crippen MR) is 81.7 cm³/mol. The van der Waals surface area contributed by atoms with E-state index in [2.05, 4.69) is 13.8 Å². The zero-order valence-electron chi connectivity index (χ0n) is 13.5. The van der Waals surface area contributed by atoms with Gasteiger partial charge in [0, 0.05) is 24.7 Å². The molecule has 0 saturated heterocycles. The normalized spacial score (nSPS) is 53.0. The average Bonchev–Trinajstić information content (AvgIpc) is 2.79. The van der Waals surface area contributed by atoms with E-state index in [-0.39, 0.29) is 22.7 Å². The first-order valence-corrected chi connectivity index (χ1v) is 9.01. The van der Waals surface area contributed by atoms with Gasteiger partial charge in [-0.25, -0.2) is 0 Å². The fourth-order valence-electron chi connectivity index (χ4n) is 6.94. The van der Waals surface area contributed by atoms with Crippen LogP contribution in [0.15, 0.2) is 0 Å². The minimum Gasteiger partial charge on any atom is -0.299 e. The Bertz CT molecular complexity index is 496. The summed E-state index contributed by atoms with van der Waals surface area (Å²) in [6, 6.07) is 0. The zero-order chi connectivity index (χ0) is 14.8. The lowest BCUT2D eigenvalue weighted by molar-refractivity contribution is -0.162. The molecule has 0 bridgehead atoms. The Morgan fingerprint density at radius 1 is 0.952 bits per heavy atom. The van der Waals surface area contributed by atoms with Crippen LogP contribution >= 0.6 is 0 Å². The maximum atomic E-state index is 13.0. The highest BCUT2D eigenvalue weighted by atomic mass is 16.1. The van der Waals surface area contributed by atoms with Crippen molar-refractivity contribution < 1.29 is 9.59 Å². The average molecular weight is 288 g/mol. The van der Waals surface area contributed by atoms with Crippen molar-refractivity contribution in [1.29, 1.82) is 0 Å². The molecule has 0 aromatic heterocycles. The molecule has 2 heteroatoms. The number of Topliss-reactive ketones (excluding diaryl/α,β-unsaturated/α-hetero) is 2. The quantitative estimate of drug-likeness (QED) is 0.670. The number of hydrogen-bond donors (Lipinski definition) is 0. The summed E-state index contributed by atoms with van der Waals surface area (Å²) in [6.45, 7) is 4.60. The van der Waals surface area contributed by atoms with Gasteiger partial charge < -0.3 is 0 Å². The number of carbonyl (C=O) groups is 2. The lowest BCUT2D eigenvalue weighted by Crippen LogP contribution is -2.58. The smallest absolute Gasteiger partial charge is 0.137 e. The van der Waals surface area contributed by atoms with Gasteiger partial charge in [-0.15, -0.1) is 0 Å². The molecule has 2 nitrogen and oxygen atoms in total. The van der Waals surface area contributed by atoms with Crippen LogP contribution in [-0.4, -0.2) is 11.6 Å². The van der Waals surface area contributed by atoms with E-state index in [0.717, 1.165) is 19.3 Å². The number of rotatable bonds is 0. The van der Waals surface area contributed by atoms with Crippen LogP contribution in [0.25, 0.3) is 0 Å². The lowest BCUT2D eigenvalue weighted by Gasteiger charge is -2.58. The SMILES string of the molecule is CC12CCCC1C1CC(=O)[C@H]3CCCCC3(C)C1C(=O)C2. The summed E-state index contributed by atoms with van der Waals surface area (Å²) in [5.41, 5.74) is 0.190. The Labute approximate surface area is 128 Å². The van der Waals surface area contributed by atoms with E-state index >= 15 is 0 Å². The van der Waals surface area contributed by atoms with E-state index in [1.165, 1.54) is 32.1 Å². The van der Waals surface area contributed by atoms with Gasteiger partial charge in [-0.1, -0.05) is 33.1 Å². The van der Waals surface area contributed by atoms with Crippen LogP contribution in [0, 0.1) is 34.5 Å². The monoisotopic (exact) mass is 288 g/mol. The van der Waals surface area contributed by atoms with Crippen molar-refractivity contribution in [2.45, 2.75) is 71.6 Å². The molecule has 4 aliphatic carbocycles. The Morgan fingerprint density at radius 2 is 1.76 bits per heavy atom. The molecule has 116 valence electrons. The van der Waals surface area contributed by atoms with Gasteiger partial charge in [0.15, 0.2) is 0 Å². The molecule has 0 aliphatic heterocycles. The molecule has 4 aliphatic rings. The molecule has 21 heavy (non-hydrogen) atoms. The lowest BCUT2D eigenvalue weighted by atomic mass is 9.45. The van der Waals surface area contributed by atoms with Gasteiger partial charge in [-0.2, -0.15) is 0 Å². The number of carbonyl (C=O) groups excluding carboxylic acids is 2. The maximum absolute atomic E-state index is 13.0. The van der Waals surface area contributed by atoms with Gasteiger partial charge in [0.25, 0.3) is 0 Å². The molecule has 0 radical (unpaired) electrons. The third kappa shape index (κ3) is 1.77. The van der Waals surface area contributed by atoms with Crippen LogP contribution in [0.2, 0.25) is 0 Å². The van der Waals surface area contributed by atoms with Gasteiger partial charge in [0.2, 0.25) is 0 Å². The van der Waals surface area contributed by atoms with Crippen LogP contribution in [0.4, 0.5) is 0 Å². The summed E-state index contributed by atoms with van der Waals surface area (Å²) in [6.07, 6.45) is 9.71. The first-order chi connectivity index (χ1) is 9.96. The molecule has 0 amide bonds. The minimum atomic E-state index is -0.0146. The minimum absolute atomic E-state index is 0.0146. The summed E-state index contributed by atoms with van der Waals surface area (Å²) in [7, 11) is 0. The highest BCUT2D eigenvalue weighted by Crippen LogP contribution is 2.64. The molecule has 0 spiro atoms. The van der Waals surface area contributed by atoms with Crippen molar-refractivity contribution in [1.82, 2.24) is 0 Å². The first-order valence-electron chi connectivity index (χ1n) is 9.01. The van der Waals surface area contributed by atoms with E-state index in [9.17, 15) is 9.59 Å². The second-order valence-electron chi connectivity index (χ2n) is 8.91. The molecular formula is C19H28O2. The maximum Gasteiger partial charge on any atom is 0.137 e. The molecule has 4 fully saturated rings. The Hall–Kier alpha value is -0.660. The van der Waals surface area contributed by atoms with Crippen LogP contribution in [0.5, 0.6) is 0 Å². The molecule has 0 aromatic carbocycles. The Morgan fingerprint density at radius 3 is 2.57 bits per heavy atom. The predicted octanol–water partition coefficient (Wildman–Crippen LogP) is 4.17.